The first-order valence-electron chi connectivity index (χ1n) is 9.32. The van der Waals surface area contributed by atoms with Crippen molar-refractivity contribution < 1.29 is 14.3 Å². The molecule has 0 spiro atoms. The average Bonchev–Trinajstić information content (AvgIpc) is 2.71. The van der Waals surface area contributed by atoms with Crippen molar-refractivity contribution in [3.05, 3.63) is 65.7 Å². The van der Waals surface area contributed by atoms with Crippen LogP contribution < -0.4 is 10.1 Å². The average molecular weight is 364 g/mol. The zero-order valence-corrected chi connectivity index (χ0v) is 15.3. The van der Waals surface area contributed by atoms with Crippen LogP contribution in [0.15, 0.2) is 54.6 Å². The molecule has 0 bridgehead atoms. The largest absolute Gasteiger partial charge is 0.486 e. The van der Waals surface area contributed by atoms with Crippen molar-refractivity contribution in [2.75, 3.05) is 13.2 Å². The Morgan fingerprint density at radius 2 is 1.96 bits per heavy atom. The molecule has 2 aromatic rings. The van der Waals surface area contributed by atoms with Crippen molar-refractivity contribution in [1.82, 2.24) is 5.32 Å². The Kier molecular flexibility index (Phi) is 6.84. The van der Waals surface area contributed by atoms with Crippen molar-refractivity contribution >= 4 is 5.91 Å². The number of carbonyl (C=O) groups excluding carboxylic acids is 1. The fraction of sp³-hybridized carbons (Fsp3) is 0.364. The minimum atomic E-state index is -0.232. The Labute approximate surface area is 159 Å². The van der Waals surface area contributed by atoms with E-state index in [4.69, 9.17) is 14.7 Å². The molecule has 3 rings (SSSR count). The van der Waals surface area contributed by atoms with Gasteiger partial charge in [-0.3, -0.25) is 4.79 Å². The summed E-state index contributed by atoms with van der Waals surface area (Å²) in [7, 11) is 0. The monoisotopic (exact) mass is 364 g/mol. The van der Waals surface area contributed by atoms with Crippen LogP contribution in [-0.4, -0.2) is 31.3 Å². The van der Waals surface area contributed by atoms with E-state index in [0.717, 1.165) is 19.3 Å². The van der Waals surface area contributed by atoms with Crippen LogP contribution in [0.3, 0.4) is 0 Å². The number of rotatable bonds is 7. The number of nitrogens with one attached hydrogen (secondary N) is 1. The fourth-order valence-corrected chi connectivity index (χ4v) is 3.15. The summed E-state index contributed by atoms with van der Waals surface area (Å²) in [4.78, 5) is 12.3. The lowest BCUT2D eigenvalue weighted by molar-refractivity contribution is -0.124. The summed E-state index contributed by atoms with van der Waals surface area (Å²) in [6.45, 7) is 1.05. The number of amides is 1. The van der Waals surface area contributed by atoms with Gasteiger partial charge in [-0.15, -0.1) is 0 Å². The van der Waals surface area contributed by atoms with E-state index in [2.05, 4.69) is 23.5 Å². The van der Waals surface area contributed by atoms with Crippen LogP contribution in [-0.2, 0) is 16.0 Å². The van der Waals surface area contributed by atoms with E-state index in [1.807, 2.05) is 18.2 Å². The van der Waals surface area contributed by atoms with E-state index >= 15 is 0 Å². The molecule has 27 heavy (non-hydrogen) atoms. The van der Waals surface area contributed by atoms with Crippen LogP contribution in [0.4, 0.5) is 0 Å². The Morgan fingerprint density at radius 3 is 2.70 bits per heavy atom. The molecule has 0 aromatic heterocycles. The summed E-state index contributed by atoms with van der Waals surface area (Å²) >= 11 is 0. The molecular formula is C22H24N2O3. The van der Waals surface area contributed by atoms with Gasteiger partial charge >= 0.3 is 0 Å². The molecule has 5 heteroatoms. The van der Waals surface area contributed by atoms with E-state index in [1.165, 1.54) is 5.56 Å². The number of nitrogens with zero attached hydrogens (tertiary/aromatic N) is 1. The van der Waals surface area contributed by atoms with E-state index in [9.17, 15) is 4.79 Å². The van der Waals surface area contributed by atoms with Crippen LogP contribution in [0, 0.1) is 11.3 Å². The van der Waals surface area contributed by atoms with Gasteiger partial charge in [0.1, 0.15) is 11.9 Å². The summed E-state index contributed by atoms with van der Waals surface area (Å²) in [5.41, 5.74) is 1.84. The summed E-state index contributed by atoms with van der Waals surface area (Å²) in [6.07, 6.45) is 2.71. The minimum Gasteiger partial charge on any atom is -0.486 e. The van der Waals surface area contributed by atoms with Crippen LogP contribution in [0.25, 0.3) is 0 Å². The number of hydrogen-bond donors (Lipinski definition) is 1. The molecular weight excluding hydrogens is 340 g/mol. The second kappa shape index (κ2) is 9.75. The van der Waals surface area contributed by atoms with E-state index < -0.39 is 0 Å². The van der Waals surface area contributed by atoms with Crippen molar-refractivity contribution in [2.24, 2.45) is 0 Å². The third-order valence-electron chi connectivity index (χ3n) is 4.63. The van der Waals surface area contributed by atoms with Crippen LogP contribution in [0.5, 0.6) is 5.75 Å². The lowest BCUT2D eigenvalue weighted by atomic mass is 10.0. The smallest absolute Gasteiger partial charge is 0.220 e. The maximum atomic E-state index is 12.3. The topological polar surface area (TPSA) is 71.3 Å². The molecule has 140 valence electrons. The maximum Gasteiger partial charge on any atom is 0.220 e. The number of aryl methyl sites for hydroxylation is 1. The van der Waals surface area contributed by atoms with Gasteiger partial charge in [-0.2, -0.15) is 5.26 Å². The third kappa shape index (κ3) is 5.83. The Balaban J connectivity index is 1.48. The van der Waals surface area contributed by atoms with Gasteiger partial charge in [-0.25, -0.2) is 0 Å². The molecule has 1 saturated heterocycles. The molecule has 1 heterocycles. The summed E-state index contributed by atoms with van der Waals surface area (Å²) < 4.78 is 11.5. The fourth-order valence-electron chi connectivity index (χ4n) is 3.15. The van der Waals surface area contributed by atoms with Gasteiger partial charge in [-0.1, -0.05) is 30.3 Å². The molecule has 1 aliphatic heterocycles. The summed E-state index contributed by atoms with van der Waals surface area (Å²) in [5.74, 6) is 0.721. The molecule has 1 N–H and O–H groups in total. The van der Waals surface area contributed by atoms with Gasteiger partial charge in [0.2, 0.25) is 5.91 Å². The van der Waals surface area contributed by atoms with Gasteiger partial charge in [0.15, 0.2) is 0 Å². The Bertz CT molecular complexity index is 768. The first-order chi connectivity index (χ1) is 13.2. The maximum absolute atomic E-state index is 12.3. The molecule has 1 aliphatic rings. The number of hydrogen-bond acceptors (Lipinski definition) is 4. The lowest BCUT2D eigenvalue weighted by Gasteiger charge is -2.32. The van der Waals surface area contributed by atoms with Crippen LogP contribution >= 0.6 is 0 Å². The van der Waals surface area contributed by atoms with Gasteiger partial charge in [0.05, 0.1) is 24.3 Å². The highest BCUT2D eigenvalue weighted by Crippen LogP contribution is 2.18. The number of carbonyl (C=O) groups is 1. The molecule has 0 unspecified atom stereocenters. The quantitative estimate of drug-likeness (QED) is 0.819. The highest BCUT2D eigenvalue weighted by Gasteiger charge is 2.28. The highest BCUT2D eigenvalue weighted by atomic mass is 16.5. The zero-order valence-electron chi connectivity index (χ0n) is 15.3. The predicted molar refractivity (Wildman–Crippen MR) is 102 cm³/mol. The Morgan fingerprint density at radius 1 is 1.19 bits per heavy atom. The number of nitriles is 1. The van der Waals surface area contributed by atoms with Gasteiger partial charge in [0, 0.05) is 13.0 Å². The second-order valence-electron chi connectivity index (χ2n) is 6.67. The summed E-state index contributed by atoms with van der Waals surface area (Å²) in [6, 6.07) is 19.2. The van der Waals surface area contributed by atoms with E-state index in [1.54, 1.807) is 24.3 Å². The molecule has 5 nitrogen and oxygen atoms in total. The van der Waals surface area contributed by atoms with E-state index in [0.29, 0.717) is 30.9 Å². The van der Waals surface area contributed by atoms with Gasteiger partial charge in [0.25, 0.3) is 0 Å². The normalized spacial score (nSPS) is 19.1. The molecule has 0 radical (unpaired) electrons. The van der Waals surface area contributed by atoms with Crippen LogP contribution in [0.2, 0.25) is 0 Å². The molecule has 0 saturated carbocycles. The number of benzene rings is 2. The predicted octanol–water partition coefficient (Wildman–Crippen LogP) is 3.23. The third-order valence-corrected chi connectivity index (χ3v) is 4.63. The molecule has 1 amide bonds. The molecule has 1 fully saturated rings. The zero-order chi connectivity index (χ0) is 18.9. The van der Waals surface area contributed by atoms with Crippen LogP contribution in [0.1, 0.15) is 30.4 Å². The second-order valence-corrected chi connectivity index (χ2v) is 6.67. The molecule has 2 aromatic carbocycles. The first-order valence-corrected chi connectivity index (χ1v) is 9.32. The standard InChI is InChI=1S/C22H24N2O3/c23-15-18-9-11-19(12-10-18)27-21-16-26-14-13-20(21)24-22(25)8-4-7-17-5-2-1-3-6-17/h1-3,5-6,9-12,20-21H,4,7-8,13-14,16H2,(H,24,25)/t20-,21-/m1/s1. The van der Waals surface area contributed by atoms with Crippen molar-refractivity contribution in [3.63, 3.8) is 0 Å². The molecule has 2 atom stereocenters. The highest BCUT2D eigenvalue weighted by molar-refractivity contribution is 5.76. The van der Waals surface area contributed by atoms with E-state index in [-0.39, 0.29) is 18.1 Å². The molecule has 0 aliphatic carbocycles. The van der Waals surface area contributed by atoms with Crippen molar-refractivity contribution in [1.29, 1.82) is 5.26 Å². The number of ether oxygens (including phenoxy) is 2. The SMILES string of the molecule is N#Cc1ccc(O[C@@H]2COCC[C@H]2NC(=O)CCCc2ccccc2)cc1. The van der Waals surface area contributed by atoms with Gasteiger partial charge in [-0.05, 0) is 49.1 Å². The minimum absolute atomic E-state index is 0.0475. The van der Waals surface area contributed by atoms with Gasteiger partial charge < -0.3 is 14.8 Å². The summed E-state index contributed by atoms with van der Waals surface area (Å²) in [5, 5.41) is 12.0. The lowest BCUT2D eigenvalue weighted by Crippen LogP contribution is -2.51. The Hall–Kier alpha value is -2.84. The van der Waals surface area contributed by atoms with Crippen molar-refractivity contribution in [2.45, 2.75) is 37.8 Å². The first kappa shape index (κ1) is 18.9. The van der Waals surface area contributed by atoms with Crippen molar-refractivity contribution in [3.8, 4) is 11.8 Å².